The maximum absolute atomic E-state index is 4.53. The molecule has 4 nitrogen and oxygen atoms in total. The predicted molar refractivity (Wildman–Crippen MR) is 111 cm³/mol. The van der Waals surface area contributed by atoms with Crippen molar-refractivity contribution < 1.29 is 0 Å². The van der Waals surface area contributed by atoms with Gasteiger partial charge < -0.3 is 10.3 Å². The summed E-state index contributed by atoms with van der Waals surface area (Å²) in [6.07, 6.45) is 2.16. The van der Waals surface area contributed by atoms with E-state index in [1.54, 1.807) is 0 Å². The van der Waals surface area contributed by atoms with E-state index in [4.69, 9.17) is 0 Å². The molecule has 0 amide bonds. The number of hydrogen-bond acceptors (Lipinski definition) is 2. The van der Waals surface area contributed by atoms with Gasteiger partial charge in [-0.2, -0.15) is 5.10 Å². The molecule has 2 N–H and O–H groups in total. The Morgan fingerprint density at radius 2 is 1.78 bits per heavy atom. The van der Waals surface area contributed by atoms with Crippen molar-refractivity contribution in [3.63, 3.8) is 0 Å². The van der Waals surface area contributed by atoms with Crippen molar-refractivity contribution >= 4 is 10.9 Å². The Labute approximate surface area is 160 Å². The lowest BCUT2D eigenvalue weighted by molar-refractivity contribution is 0.634. The molecule has 2 heterocycles. The Hall–Kier alpha value is -2.85. The first-order valence-electron chi connectivity index (χ1n) is 9.46. The fourth-order valence-electron chi connectivity index (χ4n) is 3.89. The summed E-state index contributed by atoms with van der Waals surface area (Å²) in [6, 6.07) is 19.3. The van der Waals surface area contributed by atoms with Gasteiger partial charge in [0.05, 0.1) is 5.69 Å². The van der Waals surface area contributed by atoms with E-state index >= 15 is 0 Å². The van der Waals surface area contributed by atoms with Gasteiger partial charge in [-0.05, 0) is 31.0 Å². The van der Waals surface area contributed by atoms with Crippen LogP contribution in [-0.4, -0.2) is 21.3 Å². The number of para-hydroxylation sites is 1. The van der Waals surface area contributed by atoms with E-state index in [1.165, 1.54) is 33.3 Å². The largest absolute Gasteiger partial charge is 0.361 e. The summed E-state index contributed by atoms with van der Waals surface area (Å²) in [6.45, 7) is 5.92. The second kappa shape index (κ2) is 7.41. The first kappa shape index (κ1) is 17.6. The van der Waals surface area contributed by atoms with Gasteiger partial charge in [-0.15, -0.1) is 0 Å². The van der Waals surface area contributed by atoms with Gasteiger partial charge in [0.15, 0.2) is 0 Å². The number of rotatable bonds is 6. The molecule has 4 heteroatoms. The average molecular weight is 358 g/mol. The van der Waals surface area contributed by atoms with E-state index in [0.29, 0.717) is 5.92 Å². The van der Waals surface area contributed by atoms with Gasteiger partial charge in [-0.3, -0.25) is 4.68 Å². The zero-order valence-electron chi connectivity index (χ0n) is 16.2. The second-order valence-corrected chi connectivity index (χ2v) is 7.16. The quantitative estimate of drug-likeness (QED) is 0.535. The van der Waals surface area contributed by atoms with Crippen molar-refractivity contribution in [1.82, 2.24) is 20.1 Å². The van der Waals surface area contributed by atoms with Crippen molar-refractivity contribution in [3.05, 3.63) is 88.9 Å². The molecule has 0 radical (unpaired) electrons. The van der Waals surface area contributed by atoms with E-state index < -0.39 is 0 Å². The van der Waals surface area contributed by atoms with E-state index in [9.17, 15) is 0 Å². The van der Waals surface area contributed by atoms with Crippen LogP contribution in [0.2, 0.25) is 0 Å². The van der Waals surface area contributed by atoms with Crippen LogP contribution in [0.15, 0.2) is 60.8 Å². The van der Waals surface area contributed by atoms with E-state index in [2.05, 4.69) is 90.0 Å². The molecule has 0 fully saturated rings. The number of nitrogens with zero attached hydrogens (tertiary/aromatic N) is 2. The standard InChI is InChI=1S/C23H26N4/c1-16-20(17(2)27(3)26-16)13-24-14-21(18-9-5-4-6-10-18)22-15-25-23-12-8-7-11-19(22)23/h4-12,15,21,24-25H,13-14H2,1-3H3/t21-/m1/s1. The molecule has 0 aliphatic rings. The number of nitrogens with one attached hydrogen (secondary N) is 2. The van der Waals surface area contributed by atoms with Crippen LogP contribution in [0.25, 0.3) is 10.9 Å². The molecule has 27 heavy (non-hydrogen) atoms. The molecule has 0 aliphatic heterocycles. The minimum Gasteiger partial charge on any atom is -0.361 e. The number of benzene rings is 2. The first-order valence-corrected chi connectivity index (χ1v) is 9.46. The van der Waals surface area contributed by atoms with Crippen LogP contribution in [0.5, 0.6) is 0 Å². The molecule has 1 atom stereocenters. The maximum atomic E-state index is 4.53. The molecule has 0 saturated heterocycles. The Bertz CT molecular complexity index is 1040. The van der Waals surface area contributed by atoms with Gasteiger partial charge in [0.25, 0.3) is 0 Å². The van der Waals surface area contributed by atoms with Crippen molar-refractivity contribution in [2.45, 2.75) is 26.3 Å². The highest BCUT2D eigenvalue weighted by atomic mass is 15.3. The smallest absolute Gasteiger partial charge is 0.0641 e. The molecule has 2 aromatic heterocycles. The first-order chi connectivity index (χ1) is 13.1. The summed E-state index contributed by atoms with van der Waals surface area (Å²) in [5.41, 5.74) is 7.48. The van der Waals surface area contributed by atoms with Crippen LogP contribution >= 0.6 is 0 Å². The predicted octanol–water partition coefficient (Wildman–Crippen LogP) is 4.44. The Morgan fingerprint density at radius 1 is 1.04 bits per heavy atom. The van der Waals surface area contributed by atoms with Crippen molar-refractivity contribution in [3.8, 4) is 0 Å². The third kappa shape index (κ3) is 3.40. The third-order valence-electron chi connectivity index (χ3n) is 5.51. The number of fused-ring (bicyclic) bond motifs is 1. The number of H-pyrrole nitrogens is 1. The van der Waals surface area contributed by atoms with Crippen molar-refractivity contribution in [2.24, 2.45) is 7.05 Å². The number of aromatic amines is 1. The van der Waals surface area contributed by atoms with Gasteiger partial charge in [0, 0.05) is 54.4 Å². The molecular formula is C23H26N4. The molecule has 2 aromatic carbocycles. The Morgan fingerprint density at radius 3 is 2.52 bits per heavy atom. The molecule has 4 aromatic rings. The van der Waals surface area contributed by atoms with Crippen LogP contribution in [0.4, 0.5) is 0 Å². The molecule has 0 unspecified atom stereocenters. The average Bonchev–Trinajstić information content (AvgIpc) is 3.21. The number of aromatic nitrogens is 3. The lowest BCUT2D eigenvalue weighted by Gasteiger charge is -2.18. The normalized spacial score (nSPS) is 12.6. The summed E-state index contributed by atoms with van der Waals surface area (Å²) in [4.78, 5) is 3.43. The van der Waals surface area contributed by atoms with Gasteiger partial charge in [-0.1, -0.05) is 48.5 Å². The van der Waals surface area contributed by atoms with E-state index in [-0.39, 0.29) is 0 Å². The zero-order valence-corrected chi connectivity index (χ0v) is 16.2. The summed E-state index contributed by atoms with van der Waals surface area (Å²) in [5.74, 6) is 0.291. The highest BCUT2D eigenvalue weighted by Crippen LogP contribution is 2.30. The van der Waals surface area contributed by atoms with Crippen LogP contribution in [0.3, 0.4) is 0 Å². The van der Waals surface area contributed by atoms with E-state index in [1.807, 2.05) is 11.7 Å². The molecule has 0 aliphatic carbocycles. The summed E-state index contributed by atoms with van der Waals surface area (Å²) >= 11 is 0. The molecule has 4 rings (SSSR count). The number of hydrogen-bond donors (Lipinski definition) is 2. The highest BCUT2D eigenvalue weighted by Gasteiger charge is 2.18. The molecule has 138 valence electrons. The summed E-state index contributed by atoms with van der Waals surface area (Å²) in [5, 5.41) is 9.50. The van der Waals surface area contributed by atoms with Crippen LogP contribution in [0.1, 0.15) is 34.0 Å². The van der Waals surface area contributed by atoms with Crippen molar-refractivity contribution in [1.29, 1.82) is 0 Å². The Kier molecular flexibility index (Phi) is 4.82. The number of aryl methyl sites for hydroxylation is 2. The monoisotopic (exact) mass is 358 g/mol. The minimum atomic E-state index is 0.291. The lowest BCUT2D eigenvalue weighted by Crippen LogP contribution is -2.22. The molecule has 0 spiro atoms. The van der Waals surface area contributed by atoms with Crippen LogP contribution in [-0.2, 0) is 13.6 Å². The van der Waals surface area contributed by atoms with Gasteiger partial charge in [-0.25, -0.2) is 0 Å². The molecule has 0 saturated carbocycles. The fourth-order valence-corrected chi connectivity index (χ4v) is 3.89. The van der Waals surface area contributed by atoms with Gasteiger partial charge >= 0.3 is 0 Å². The fraction of sp³-hybridized carbons (Fsp3) is 0.261. The highest BCUT2D eigenvalue weighted by molar-refractivity contribution is 5.84. The van der Waals surface area contributed by atoms with Gasteiger partial charge in [0.1, 0.15) is 0 Å². The molecule has 0 bridgehead atoms. The second-order valence-electron chi connectivity index (χ2n) is 7.16. The molecular weight excluding hydrogens is 332 g/mol. The zero-order chi connectivity index (χ0) is 18.8. The maximum Gasteiger partial charge on any atom is 0.0641 e. The van der Waals surface area contributed by atoms with Crippen LogP contribution in [0, 0.1) is 13.8 Å². The lowest BCUT2D eigenvalue weighted by atomic mass is 9.91. The summed E-state index contributed by atoms with van der Waals surface area (Å²) < 4.78 is 1.96. The Balaban J connectivity index is 1.61. The van der Waals surface area contributed by atoms with Crippen molar-refractivity contribution in [2.75, 3.05) is 6.54 Å². The van der Waals surface area contributed by atoms with E-state index in [0.717, 1.165) is 18.8 Å². The van der Waals surface area contributed by atoms with Crippen LogP contribution < -0.4 is 5.32 Å². The topological polar surface area (TPSA) is 45.6 Å². The third-order valence-corrected chi connectivity index (χ3v) is 5.51. The van der Waals surface area contributed by atoms with Gasteiger partial charge in [0.2, 0.25) is 0 Å². The summed E-state index contributed by atoms with van der Waals surface area (Å²) in [7, 11) is 2.00. The SMILES string of the molecule is Cc1nn(C)c(C)c1CNC[C@H](c1ccccc1)c1c[nH]c2ccccc12. The minimum absolute atomic E-state index is 0.291.